The van der Waals surface area contributed by atoms with E-state index in [0.717, 1.165) is 24.3 Å². The number of methoxy groups -OCH3 is 2. The van der Waals surface area contributed by atoms with E-state index in [1.54, 1.807) is 14.2 Å². The van der Waals surface area contributed by atoms with Crippen LogP contribution in [0.5, 0.6) is 5.75 Å². The van der Waals surface area contributed by atoms with Gasteiger partial charge < -0.3 is 14.4 Å². The molecule has 0 bridgehead atoms. The molecule has 1 atom stereocenters. The van der Waals surface area contributed by atoms with Crippen LogP contribution in [-0.2, 0) is 16.1 Å². The summed E-state index contributed by atoms with van der Waals surface area (Å²) in [6, 6.07) is 7.79. The third kappa shape index (κ3) is 4.23. The Bertz CT molecular complexity index is 416. The predicted octanol–water partition coefficient (Wildman–Crippen LogP) is 2.86. The zero-order chi connectivity index (χ0) is 15.0. The molecule has 1 aromatic rings. The Kier molecular flexibility index (Phi) is 7.09. The van der Waals surface area contributed by atoms with Crippen LogP contribution in [0.4, 0.5) is 0 Å². The smallest absolute Gasteiger partial charge is 0.251 e. The summed E-state index contributed by atoms with van der Waals surface area (Å²) in [5, 5.41) is 0. The van der Waals surface area contributed by atoms with Crippen LogP contribution in [0, 0.1) is 0 Å². The highest BCUT2D eigenvalue weighted by Gasteiger charge is 2.22. The van der Waals surface area contributed by atoms with Crippen molar-refractivity contribution in [3.05, 3.63) is 29.8 Å². The van der Waals surface area contributed by atoms with Gasteiger partial charge in [0.2, 0.25) is 0 Å². The van der Waals surface area contributed by atoms with Crippen LogP contribution in [-0.4, -0.2) is 37.7 Å². The summed E-state index contributed by atoms with van der Waals surface area (Å²) in [7, 11) is 3.23. The SMILES string of the molecule is CCCN(Cc1ccccc1OC)C(=O)[C@@H](CC)OC. The molecule has 1 rings (SSSR count). The zero-order valence-electron chi connectivity index (χ0n) is 12.9. The summed E-state index contributed by atoms with van der Waals surface area (Å²) < 4.78 is 10.6. The molecule has 4 heteroatoms. The molecule has 0 aliphatic heterocycles. The summed E-state index contributed by atoms with van der Waals surface area (Å²) >= 11 is 0. The second-order valence-corrected chi connectivity index (χ2v) is 4.70. The lowest BCUT2D eigenvalue weighted by molar-refractivity contribution is -0.142. The monoisotopic (exact) mass is 279 g/mol. The molecule has 0 N–H and O–H groups in total. The highest BCUT2D eigenvalue weighted by molar-refractivity contribution is 5.81. The fourth-order valence-electron chi connectivity index (χ4n) is 2.22. The number of carbonyl (C=O) groups excluding carboxylic acids is 1. The fraction of sp³-hybridized carbons (Fsp3) is 0.562. The maximum Gasteiger partial charge on any atom is 0.251 e. The Morgan fingerprint density at radius 2 is 1.95 bits per heavy atom. The van der Waals surface area contributed by atoms with E-state index in [1.807, 2.05) is 36.1 Å². The number of ether oxygens (including phenoxy) is 2. The van der Waals surface area contributed by atoms with Crippen molar-refractivity contribution in [3.8, 4) is 5.75 Å². The summed E-state index contributed by atoms with van der Waals surface area (Å²) in [6.45, 7) is 5.29. The van der Waals surface area contributed by atoms with Crippen molar-refractivity contribution in [2.45, 2.75) is 39.3 Å². The largest absolute Gasteiger partial charge is 0.496 e. The molecule has 4 nitrogen and oxygen atoms in total. The van der Waals surface area contributed by atoms with Gasteiger partial charge in [0.05, 0.1) is 7.11 Å². The lowest BCUT2D eigenvalue weighted by Gasteiger charge is -2.26. The first-order chi connectivity index (χ1) is 9.67. The first kappa shape index (κ1) is 16.5. The van der Waals surface area contributed by atoms with E-state index < -0.39 is 0 Å². The van der Waals surface area contributed by atoms with Gasteiger partial charge in [-0.2, -0.15) is 0 Å². The van der Waals surface area contributed by atoms with Crippen LogP contribution in [0.1, 0.15) is 32.3 Å². The maximum atomic E-state index is 12.5. The first-order valence-corrected chi connectivity index (χ1v) is 7.11. The van der Waals surface area contributed by atoms with Crippen molar-refractivity contribution in [2.75, 3.05) is 20.8 Å². The zero-order valence-corrected chi connectivity index (χ0v) is 12.9. The molecule has 1 amide bonds. The molecule has 0 aliphatic carbocycles. The van der Waals surface area contributed by atoms with Gasteiger partial charge in [-0.1, -0.05) is 32.0 Å². The topological polar surface area (TPSA) is 38.8 Å². The second kappa shape index (κ2) is 8.59. The van der Waals surface area contributed by atoms with Crippen molar-refractivity contribution in [3.63, 3.8) is 0 Å². The summed E-state index contributed by atoms with van der Waals surface area (Å²) in [6.07, 6.45) is 1.24. The normalized spacial score (nSPS) is 12.0. The number of para-hydroxylation sites is 1. The quantitative estimate of drug-likeness (QED) is 0.734. The third-order valence-corrected chi connectivity index (χ3v) is 3.29. The minimum Gasteiger partial charge on any atom is -0.496 e. The summed E-state index contributed by atoms with van der Waals surface area (Å²) in [5.41, 5.74) is 1.02. The number of amides is 1. The van der Waals surface area contributed by atoms with Crippen molar-refractivity contribution in [1.29, 1.82) is 0 Å². The molecule has 112 valence electrons. The van der Waals surface area contributed by atoms with E-state index in [0.29, 0.717) is 13.0 Å². The van der Waals surface area contributed by atoms with Gasteiger partial charge in [-0.15, -0.1) is 0 Å². The number of hydrogen-bond acceptors (Lipinski definition) is 3. The molecule has 0 saturated carbocycles. The number of nitrogens with zero attached hydrogens (tertiary/aromatic N) is 1. The van der Waals surface area contributed by atoms with Crippen molar-refractivity contribution in [2.24, 2.45) is 0 Å². The maximum absolute atomic E-state index is 12.5. The average Bonchev–Trinajstić information content (AvgIpc) is 2.48. The van der Waals surface area contributed by atoms with Crippen molar-refractivity contribution < 1.29 is 14.3 Å². The third-order valence-electron chi connectivity index (χ3n) is 3.29. The second-order valence-electron chi connectivity index (χ2n) is 4.70. The van der Waals surface area contributed by atoms with Crippen LogP contribution in [0.15, 0.2) is 24.3 Å². The van der Waals surface area contributed by atoms with Crippen LogP contribution >= 0.6 is 0 Å². The van der Waals surface area contributed by atoms with E-state index in [-0.39, 0.29) is 12.0 Å². The number of benzene rings is 1. The Labute approximate surface area is 121 Å². The average molecular weight is 279 g/mol. The van der Waals surface area contributed by atoms with Crippen LogP contribution in [0.25, 0.3) is 0 Å². The van der Waals surface area contributed by atoms with E-state index >= 15 is 0 Å². The molecule has 0 heterocycles. The van der Waals surface area contributed by atoms with Crippen LogP contribution < -0.4 is 4.74 Å². The fourth-order valence-corrected chi connectivity index (χ4v) is 2.22. The van der Waals surface area contributed by atoms with Gasteiger partial charge in [0.25, 0.3) is 5.91 Å². The first-order valence-electron chi connectivity index (χ1n) is 7.11. The lowest BCUT2D eigenvalue weighted by atomic mass is 10.1. The number of carbonyl (C=O) groups is 1. The molecular weight excluding hydrogens is 254 g/mol. The Hall–Kier alpha value is -1.55. The van der Waals surface area contributed by atoms with Crippen LogP contribution in [0.3, 0.4) is 0 Å². The van der Waals surface area contributed by atoms with E-state index in [1.165, 1.54) is 0 Å². The molecule has 20 heavy (non-hydrogen) atoms. The Balaban J connectivity index is 2.88. The molecule has 1 aromatic carbocycles. The van der Waals surface area contributed by atoms with Crippen molar-refractivity contribution in [1.82, 2.24) is 4.90 Å². The minimum absolute atomic E-state index is 0.0442. The van der Waals surface area contributed by atoms with Gasteiger partial charge in [0.15, 0.2) is 0 Å². The van der Waals surface area contributed by atoms with Crippen molar-refractivity contribution >= 4 is 5.91 Å². The van der Waals surface area contributed by atoms with Gasteiger partial charge in [0, 0.05) is 25.8 Å². The Morgan fingerprint density at radius 1 is 1.25 bits per heavy atom. The molecule has 0 aromatic heterocycles. The highest BCUT2D eigenvalue weighted by Crippen LogP contribution is 2.20. The summed E-state index contributed by atoms with van der Waals surface area (Å²) in [5.74, 6) is 0.856. The highest BCUT2D eigenvalue weighted by atomic mass is 16.5. The predicted molar refractivity (Wildman–Crippen MR) is 79.8 cm³/mol. The summed E-state index contributed by atoms with van der Waals surface area (Å²) in [4.78, 5) is 14.3. The van der Waals surface area contributed by atoms with E-state index in [2.05, 4.69) is 6.92 Å². The molecule has 0 aliphatic rings. The number of hydrogen-bond donors (Lipinski definition) is 0. The van der Waals surface area contributed by atoms with Crippen LogP contribution in [0.2, 0.25) is 0 Å². The van der Waals surface area contributed by atoms with Gasteiger partial charge in [0.1, 0.15) is 11.9 Å². The van der Waals surface area contributed by atoms with Gasteiger partial charge in [-0.05, 0) is 18.9 Å². The number of rotatable bonds is 8. The molecule has 0 radical (unpaired) electrons. The molecule has 0 unspecified atom stereocenters. The molecule has 0 spiro atoms. The molecule has 0 fully saturated rings. The molecular formula is C16H25NO3. The van der Waals surface area contributed by atoms with Gasteiger partial charge in [-0.25, -0.2) is 0 Å². The lowest BCUT2D eigenvalue weighted by Crippen LogP contribution is -2.39. The minimum atomic E-state index is -0.365. The Morgan fingerprint density at radius 3 is 2.50 bits per heavy atom. The molecule has 0 saturated heterocycles. The standard InChI is InChI=1S/C16H25NO3/c1-5-11-17(16(18)14(6-2)19-3)12-13-9-7-8-10-15(13)20-4/h7-10,14H,5-6,11-12H2,1-4H3/t14-/m1/s1. The van der Waals surface area contributed by atoms with Gasteiger partial charge in [-0.3, -0.25) is 4.79 Å². The van der Waals surface area contributed by atoms with E-state index in [9.17, 15) is 4.79 Å². The van der Waals surface area contributed by atoms with Gasteiger partial charge >= 0.3 is 0 Å². The van der Waals surface area contributed by atoms with E-state index in [4.69, 9.17) is 9.47 Å².